The third-order valence-electron chi connectivity index (χ3n) is 3.83. The van der Waals surface area contributed by atoms with Gasteiger partial charge in [-0.2, -0.15) is 0 Å². The predicted octanol–water partition coefficient (Wildman–Crippen LogP) is 5.44. The first-order valence-electron chi connectivity index (χ1n) is 7.57. The molecule has 4 heteroatoms. The number of benzene rings is 2. The number of pyridine rings is 1. The van der Waals surface area contributed by atoms with E-state index in [0.717, 1.165) is 21.2 Å². The SMILES string of the molecule is O=C(Cc1ccnc(Cl)c1)C(c1ccccc1)c1ccc(Br)cc1. The van der Waals surface area contributed by atoms with E-state index in [0.29, 0.717) is 11.6 Å². The maximum atomic E-state index is 13.0. The largest absolute Gasteiger partial charge is 0.298 e. The van der Waals surface area contributed by atoms with E-state index >= 15 is 0 Å². The van der Waals surface area contributed by atoms with Gasteiger partial charge in [0.05, 0.1) is 5.92 Å². The van der Waals surface area contributed by atoms with Gasteiger partial charge in [0.1, 0.15) is 10.9 Å². The number of ketones is 1. The summed E-state index contributed by atoms with van der Waals surface area (Å²) in [5, 5.41) is 0.403. The summed E-state index contributed by atoms with van der Waals surface area (Å²) in [6, 6.07) is 21.3. The third-order valence-corrected chi connectivity index (χ3v) is 4.56. The van der Waals surface area contributed by atoms with Crippen molar-refractivity contribution in [2.24, 2.45) is 0 Å². The van der Waals surface area contributed by atoms with Crippen LogP contribution in [0.2, 0.25) is 5.15 Å². The first-order valence-corrected chi connectivity index (χ1v) is 8.74. The van der Waals surface area contributed by atoms with Crippen LogP contribution in [0.5, 0.6) is 0 Å². The van der Waals surface area contributed by atoms with E-state index in [9.17, 15) is 4.79 Å². The minimum Gasteiger partial charge on any atom is -0.298 e. The Morgan fingerprint density at radius 1 is 1.00 bits per heavy atom. The zero-order valence-electron chi connectivity index (χ0n) is 12.8. The molecule has 0 N–H and O–H groups in total. The van der Waals surface area contributed by atoms with E-state index in [4.69, 9.17) is 11.6 Å². The molecule has 3 rings (SSSR count). The summed E-state index contributed by atoms with van der Waals surface area (Å²) in [5.41, 5.74) is 2.84. The smallest absolute Gasteiger partial charge is 0.149 e. The molecule has 1 aromatic heterocycles. The van der Waals surface area contributed by atoms with Crippen LogP contribution in [0.3, 0.4) is 0 Å². The first kappa shape index (κ1) is 16.9. The van der Waals surface area contributed by atoms with Gasteiger partial charge in [0.15, 0.2) is 0 Å². The molecule has 120 valence electrons. The Hall–Kier alpha value is -1.97. The number of carbonyl (C=O) groups is 1. The van der Waals surface area contributed by atoms with Gasteiger partial charge in [-0.25, -0.2) is 4.98 Å². The van der Waals surface area contributed by atoms with Gasteiger partial charge in [-0.3, -0.25) is 4.79 Å². The maximum Gasteiger partial charge on any atom is 0.149 e. The number of carbonyl (C=O) groups excluding carboxylic acids is 1. The van der Waals surface area contributed by atoms with E-state index in [1.54, 1.807) is 12.3 Å². The van der Waals surface area contributed by atoms with Crippen molar-refractivity contribution in [2.75, 3.05) is 0 Å². The number of hydrogen-bond acceptors (Lipinski definition) is 2. The summed E-state index contributed by atoms with van der Waals surface area (Å²) in [4.78, 5) is 17.0. The van der Waals surface area contributed by atoms with Crippen LogP contribution < -0.4 is 0 Å². The zero-order chi connectivity index (χ0) is 16.9. The van der Waals surface area contributed by atoms with E-state index in [-0.39, 0.29) is 11.7 Å². The molecule has 1 unspecified atom stereocenters. The Bertz CT molecular complexity index is 834. The minimum atomic E-state index is -0.300. The van der Waals surface area contributed by atoms with Gasteiger partial charge in [-0.15, -0.1) is 0 Å². The van der Waals surface area contributed by atoms with Crippen molar-refractivity contribution in [1.29, 1.82) is 0 Å². The van der Waals surface area contributed by atoms with Crippen molar-refractivity contribution < 1.29 is 4.79 Å². The molecule has 0 saturated heterocycles. The second-order valence-corrected chi connectivity index (χ2v) is 6.83. The lowest BCUT2D eigenvalue weighted by molar-refractivity contribution is -0.119. The molecule has 24 heavy (non-hydrogen) atoms. The van der Waals surface area contributed by atoms with Crippen LogP contribution in [-0.2, 0) is 11.2 Å². The average Bonchev–Trinajstić information content (AvgIpc) is 2.58. The molecule has 0 fully saturated rings. The molecule has 0 amide bonds. The number of aromatic nitrogens is 1. The molecule has 0 radical (unpaired) electrons. The predicted molar refractivity (Wildman–Crippen MR) is 100 cm³/mol. The summed E-state index contributed by atoms with van der Waals surface area (Å²) in [6.45, 7) is 0. The Balaban J connectivity index is 1.95. The number of Topliss-reactive ketones (excluding diaryl/α,β-unsaturated/α-hetero) is 1. The van der Waals surface area contributed by atoms with Crippen molar-refractivity contribution in [3.8, 4) is 0 Å². The van der Waals surface area contributed by atoms with Gasteiger partial charge >= 0.3 is 0 Å². The van der Waals surface area contributed by atoms with Gasteiger partial charge in [-0.1, -0.05) is 70.0 Å². The monoisotopic (exact) mass is 399 g/mol. The van der Waals surface area contributed by atoms with Gasteiger partial charge < -0.3 is 0 Å². The molecule has 1 atom stereocenters. The topological polar surface area (TPSA) is 30.0 Å². The number of nitrogens with zero attached hydrogens (tertiary/aromatic N) is 1. The molecule has 0 bridgehead atoms. The molecule has 0 saturated carbocycles. The Labute approximate surface area is 154 Å². The van der Waals surface area contributed by atoms with Crippen molar-refractivity contribution in [2.45, 2.75) is 12.3 Å². The number of hydrogen-bond donors (Lipinski definition) is 0. The fourth-order valence-corrected chi connectivity index (χ4v) is 3.18. The zero-order valence-corrected chi connectivity index (χ0v) is 15.2. The molecule has 1 heterocycles. The van der Waals surface area contributed by atoms with Crippen LogP contribution in [0.15, 0.2) is 77.4 Å². The standard InChI is InChI=1S/C20H15BrClNO/c21-17-8-6-16(7-9-17)20(15-4-2-1-3-5-15)18(24)12-14-10-11-23-19(22)13-14/h1-11,13,20H,12H2. The van der Waals surface area contributed by atoms with E-state index < -0.39 is 0 Å². The maximum absolute atomic E-state index is 13.0. The Morgan fingerprint density at radius 3 is 2.33 bits per heavy atom. The van der Waals surface area contributed by atoms with Crippen molar-refractivity contribution in [3.05, 3.63) is 99.2 Å². The summed E-state index contributed by atoms with van der Waals surface area (Å²) in [6.07, 6.45) is 1.94. The van der Waals surface area contributed by atoms with Crippen LogP contribution in [0.4, 0.5) is 0 Å². The molecule has 0 aliphatic heterocycles. The quantitative estimate of drug-likeness (QED) is 0.534. The van der Waals surface area contributed by atoms with Crippen molar-refractivity contribution >= 4 is 33.3 Å². The third kappa shape index (κ3) is 4.11. The second-order valence-electron chi connectivity index (χ2n) is 5.53. The van der Waals surface area contributed by atoms with Crippen LogP contribution in [0.25, 0.3) is 0 Å². The van der Waals surface area contributed by atoms with E-state index in [2.05, 4.69) is 20.9 Å². The lowest BCUT2D eigenvalue weighted by atomic mass is 9.85. The normalized spacial score (nSPS) is 11.9. The van der Waals surface area contributed by atoms with Gasteiger partial charge in [0.25, 0.3) is 0 Å². The number of rotatable bonds is 5. The van der Waals surface area contributed by atoms with Gasteiger partial charge in [-0.05, 0) is 41.0 Å². The molecular weight excluding hydrogens is 386 g/mol. The Kier molecular flexibility index (Phi) is 5.44. The highest BCUT2D eigenvalue weighted by Gasteiger charge is 2.22. The lowest BCUT2D eigenvalue weighted by Crippen LogP contribution is -2.16. The van der Waals surface area contributed by atoms with Crippen LogP contribution >= 0.6 is 27.5 Å². The van der Waals surface area contributed by atoms with Crippen molar-refractivity contribution in [3.63, 3.8) is 0 Å². The minimum absolute atomic E-state index is 0.130. The average molecular weight is 401 g/mol. The summed E-state index contributed by atoms with van der Waals surface area (Å²) < 4.78 is 0.992. The second kappa shape index (κ2) is 7.73. The molecule has 3 aromatic rings. The van der Waals surface area contributed by atoms with Crippen LogP contribution in [-0.4, -0.2) is 10.8 Å². The molecule has 0 aliphatic carbocycles. The molecule has 0 spiro atoms. The number of halogens is 2. The van der Waals surface area contributed by atoms with E-state index in [1.807, 2.05) is 60.7 Å². The lowest BCUT2D eigenvalue weighted by Gasteiger charge is -2.17. The molecular formula is C20H15BrClNO. The Morgan fingerprint density at radius 2 is 1.67 bits per heavy atom. The molecule has 2 aromatic carbocycles. The fraction of sp³-hybridized carbons (Fsp3) is 0.100. The fourth-order valence-electron chi connectivity index (χ4n) is 2.72. The van der Waals surface area contributed by atoms with Gasteiger partial charge in [0.2, 0.25) is 0 Å². The summed E-state index contributed by atoms with van der Waals surface area (Å²) in [5.74, 6) is -0.169. The van der Waals surface area contributed by atoms with Crippen molar-refractivity contribution in [1.82, 2.24) is 4.98 Å². The first-order chi connectivity index (χ1) is 11.6. The highest BCUT2D eigenvalue weighted by atomic mass is 79.9. The van der Waals surface area contributed by atoms with Crippen LogP contribution in [0, 0.1) is 0 Å². The van der Waals surface area contributed by atoms with Gasteiger partial charge in [0, 0.05) is 17.1 Å². The molecule has 0 aliphatic rings. The highest BCUT2D eigenvalue weighted by Crippen LogP contribution is 2.28. The molecule has 2 nitrogen and oxygen atoms in total. The van der Waals surface area contributed by atoms with E-state index in [1.165, 1.54) is 0 Å². The highest BCUT2D eigenvalue weighted by molar-refractivity contribution is 9.10. The summed E-state index contributed by atoms with van der Waals surface area (Å²) >= 11 is 9.37. The summed E-state index contributed by atoms with van der Waals surface area (Å²) in [7, 11) is 0. The van der Waals surface area contributed by atoms with Crippen LogP contribution in [0.1, 0.15) is 22.6 Å².